The average Bonchev–Trinajstić information content (AvgIpc) is 3.06. The maximum absolute atomic E-state index is 6.16. The fourth-order valence-corrected chi connectivity index (χ4v) is 2.59. The zero-order valence-electron chi connectivity index (χ0n) is 10.5. The van der Waals surface area contributed by atoms with Crippen LogP contribution in [0.5, 0.6) is 0 Å². The summed E-state index contributed by atoms with van der Waals surface area (Å²) < 4.78 is 5.60. The van der Waals surface area contributed by atoms with Crippen molar-refractivity contribution in [1.29, 1.82) is 0 Å². The van der Waals surface area contributed by atoms with E-state index in [1.54, 1.807) is 12.1 Å². The van der Waals surface area contributed by atoms with E-state index in [2.05, 4.69) is 0 Å². The Balaban J connectivity index is 1.88. The van der Waals surface area contributed by atoms with E-state index in [1.165, 1.54) is 12.8 Å². The minimum Gasteiger partial charge on any atom is -0.399 e. The van der Waals surface area contributed by atoms with Gasteiger partial charge in [0.05, 0.1) is 22.3 Å². The molecule has 0 heterocycles. The van der Waals surface area contributed by atoms with Gasteiger partial charge in [0.25, 0.3) is 0 Å². The number of ether oxygens (including phenoxy) is 1. The highest BCUT2D eigenvalue weighted by Gasteiger charge is 2.21. The third-order valence-electron chi connectivity index (χ3n) is 3.04. The first kappa shape index (κ1) is 13.8. The molecule has 0 spiro atoms. The van der Waals surface area contributed by atoms with Crippen LogP contribution in [0, 0.1) is 5.92 Å². The molecule has 1 aromatic rings. The predicted molar refractivity (Wildman–Crippen MR) is 77.7 cm³/mol. The molecule has 2 rings (SSSR count). The van der Waals surface area contributed by atoms with E-state index in [9.17, 15) is 0 Å². The van der Waals surface area contributed by atoms with Gasteiger partial charge in [-0.25, -0.2) is 0 Å². The molecule has 0 aliphatic heterocycles. The molecule has 18 heavy (non-hydrogen) atoms. The highest BCUT2D eigenvalue weighted by Crippen LogP contribution is 2.35. The van der Waals surface area contributed by atoms with Gasteiger partial charge in [0, 0.05) is 25.9 Å². The summed E-state index contributed by atoms with van der Waals surface area (Å²) >= 11 is 12.3. The van der Waals surface area contributed by atoms with Crippen LogP contribution < -0.4 is 10.6 Å². The number of rotatable bonds is 6. The van der Waals surface area contributed by atoms with Crippen molar-refractivity contribution in [2.24, 2.45) is 5.92 Å². The summed E-state index contributed by atoms with van der Waals surface area (Å²) in [6.07, 6.45) is 2.62. The number of anilines is 2. The van der Waals surface area contributed by atoms with Crippen LogP contribution in [0.4, 0.5) is 11.4 Å². The average molecular weight is 289 g/mol. The van der Waals surface area contributed by atoms with Gasteiger partial charge in [-0.15, -0.1) is 0 Å². The van der Waals surface area contributed by atoms with Crippen LogP contribution in [0.3, 0.4) is 0 Å². The predicted octanol–water partition coefficient (Wildman–Crippen LogP) is 3.44. The molecule has 5 heteroatoms. The highest BCUT2D eigenvalue weighted by molar-refractivity contribution is 6.39. The summed E-state index contributed by atoms with van der Waals surface area (Å²) in [7, 11) is 1.95. The maximum atomic E-state index is 6.16. The highest BCUT2D eigenvalue weighted by atomic mass is 35.5. The van der Waals surface area contributed by atoms with Gasteiger partial charge in [-0.1, -0.05) is 23.2 Å². The van der Waals surface area contributed by atoms with E-state index in [0.29, 0.717) is 22.3 Å². The van der Waals surface area contributed by atoms with Crippen molar-refractivity contribution in [2.75, 3.05) is 37.4 Å². The molecule has 0 atom stereocenters. The third-order valence-corrected chi connectivity index (χ3v) is 3.62. The van der Waals surface area contributed by atoms with Crippen molar-refractivity contribution >= 4 is 34.6 Å². The topological polar surface area (TPSA) is 38.5 Å². The van der Waals surface area contributed by atoms with Crippen LogP contribution in [-0.4, -0.2) is 26.8 Å². The normalized spacial score (nSPS) is 14.8. The number of hydrogen-bond acceptors (Lipinski definition) is 3. The third kappa shape index (κ3) is 3.67. The van der Waals surface area contributed by atoms with Gasteiger partial charge >= 0.3 is 0 Å². The van der Waals surface area contributed by atoms with Gasteiger partial charge in [0.15, 0.2) is 0 Å². The molecular weight excluding hydrogens is 271 g/mol. The lowest BCUT2D eigenvalue weighted by molar-refractivity contribution is 0.131. The number of hydrogen-bond donors (Lipinski definition) is 1. The molecular formula is C13H18Cl2N2O. The first-order valence-electron chi connectivity index (χ1n) is 6.11. The first-order valence-corrected chi connectivity index (χ1v) is 6.87. The van der Waals surface area contributed by atoms with E-state index in [4.69, 9.17) is 33.7 Å². The van der Waals surface area contributed by atoms with Crippen molar-refractivity contribution in [3.8, 4) is 0 Å². The molecule has 0 amide bonds. The fourth-order valence-electron chi connectivity index (χ4n) is 1.80. The van der Waals surface area contributed by atoms with Gasteiger partial charge in [-0.3, -0.25) is 0 Å². The van der Waals surface area contributed by atoms with E-state index in [0.717, 1.165) is 24.8 Å². The van der Waals surface area contributed by atoms with Crippen LogP contribution in [0.15, 0.2) is 12.1 Å². The Morgan fingerprint density at radius 1 is 1.33 bits per heavy atom. The molecule has 2 N–H and O–H groups in total. The molecule has 0 aromatic heterocycles. The SMILES string of the molecule is CN(CCOCC1CC1)c1c(Cl)cc(N)cc1Cl. The second-order valence-corrected chi connectivity index (χ2v) is 5.59. The number of halogens is 2. The Labute approximate surface area is 118 Å². The monoisotopic (exact) mass is 288 g/mol. The van der Waals surface area contributed by atoms with E-state index in [-0.39, 0.29) is 0 Å². The van der Waals surface area contributed by atoms with Crippen molar-refractivity contribution in [3.63, 3.8) is 0 Å². The Morgan fingerprint density at radius 2 is 1.94 bits per heavy atom. The quantitative estimate of drug-likeness (QED) is 0.644. The molecule has 0 bridgehead atoms. The summed E-state index contributed by atoms with van der Waals surface area (Å²) in [5, 5.41) is 1.15. The standard InChI is InChI=1S/C13H18Cl2N2O/c1-17(4-5-18-8-9-2-3-9)13-11(14)6-10(16)7-12(13)15/h6-7,9H,2-5,8,16H2,1H3. The second-order valence-electron chi connectivity index (χ2n) is 4.77. The Hall–Kier alpha value is -0.640. The lowest BCUT2D eigenvalue weighted by Crippen LogP contribution is -2.23. The number of benzene rings is 1. The molecule has 0 saturated heterocycles. The molecule has 0 unspecified atom stereocenters. The minimum absolute atomic E-state index is 0.574. The lowest BCUT2D eigenvalue weighted by atomic mass is 10.2. The van der Waals surface area contributed by atoms with Gasteiger partial charge < -0.3 is 15.4 Å². The van der Waals surface area contributed by atoms with Crippen molar-refractivity contribution < 1.29 is 4.74 Å². The van der Waals surface area contributed by atoms with E-state index in [1.807, 2.05) is 11.9 Å². The van der Waals surface area contributed by atoms with Gasteiger partial charge in [-0.2, -0.15) is 0 Å². The summed E-state index contributed by atoms with van der Waals surface area (Å²) in [5.41, 5.74) is 7.06. The van der Waals surface area contributed by atoms with Crippen LogP contribution in [0.1, 0.15) is 12.8 Å². The van der Waals surface area contributed by atoms with Crippen LogP contribution in [0.25, 0.3) is 0 Å². The van der Waals surface area contributed by atoms with Crippen molar-refractivity contribution in [2.45, 2.75) is 12.8 Å². The van der Waals surface area contributed by atoms with E-state index < -0.39 is 0 Å². The molecule has 3 nitrogen and oxygen atoms in total. The molecule has 1 aromatic carbocycles. The van der Waals surface area contributed by atoms with Crippen LogP contribution in [-0.2, 0) is 4.74 Å². The second kappa shape index (κ2) is 6.00. The Morgan fingerprint density at radius 3 is 2.50 bits per heavy atom. The summed E-state index contributed by atoms with van der Waals surface area (Å²) in [6.45, 7) is 2.32. The minimum atomic E-state index is 0.574. The molecule has 100 valence electrons. The van der Waals surface area contributed by atoms with Gasteiger partial charge in [0.1, 0.15) is 0 Å². The lowest BCUT2D eigenvalue weighted by Gasteiger charge is -2.22. The Bertz CT molecular complexity index is 398. The first-order chi connectivity index (χ1) is 8.58. The molecule has 1 fully saturated rings. The summed E-state index contributed by atoms with van der Waals surface area (Å²) in [6, 6.07) is 3.43. The van der Waals surface area contributed by atoms with E-state index >= 15 is 0 Å². The maximum Gasteiger partial charge on any atom is 0.0744 e. The number of nitrogens with zero attached hydrogens (tertiary/aromatic N) is 1. The fraction of sp³-hybridized carbons (Fsp3) is 0.538. The number of nitrogens with two attached hydrogens (primary N) is 1. The van der Waals surface area contributed by atoms with Gasteiger partial charge in [-0.05, 0) is 30.9 Å². The van der Waals surface area contributed by atoms with Crippen molar-refractivity contribution in [1.82, 2.24) is 0 Å². The van der Waals surface area contributed by atoms with Crippen LogP contribution >= 0.6 is 23.2 Å². The van der Waals surface area contributed by atoms with Crippen LogP contribution in [0.2, 0.25) is 10.0 Å². The summed E-state index contributed by atoms with van der Waals surface area (Å²) in [5.74, 6) is 0.791. The zero-order valence-corrected chi connectivity index (χ0v) is 12.0. The molecule has 1 aliphatic carbocycles. The van der Waals surface area contributed by atoms with Gasteiger partial charge in [0.2, 0.25) is 0 Å². The smallest absolute Gasteiger partial charge is 0.0744 e. The molecule has 0 radical (unpaired) electrons. The van der Waals surface area contributed by atoms with Crippen molar-refractivity contribution in [3.05, 3.63) is 22.2 Å². The number of likely N-dealkylation sites (N-methyl/N-ethyl adjacent to an activating group) is 1. The molecule has 1 aliphatic rings. The summed E-state index contributed by atoms with van der Waals surface area (Å²) in [4.78, 5) is 2.00. The number of nitrogen functional groups attached to an aromatic ring is 1. The molecule has 1 saturated carbocycles. The largest absolute Gasteiger partial charge is 0.399 e. The zero-order chi connectivity index (χ0) is 13.1. The Kier molecular flexibility index (Phi) is 4.60.